The first-order valence-corrected chi connectivity index (χ1v) is 21.6. The minimum Gasteiger partial charge on any atom is -0.394 e. The number of allylic oxidation sites excluding steroid dienone is 3. The molecule has 0 radical (unpaired) electrons. The van der Waals surface area contributed by atoms with Gasteiger partial charge in [0.1, 0.15) is 24.4 Å². The summed E-state index contributed by atoms with van der Waals surface area (Å²) < 4.78 is 11.2. The predicted octanol–water partition coefficient (Wildman–Crippen LogP) is 8.33. The maximum absolute atomic E-state index is 12.9. The Bertz CT molecular complexity index is 868. The van der Waals surface area contributed by atoms with Crippen molar-refractivity contribution in [2.45, 2.75) is 230 Å². The van der Waals surface area contributed by atoms with Crippen LogP contribution in [0.3, 0.4) is 0 Å². The van der Waals surface area contributed by atoms with E-state index in [0.29, 0.717) is 6.42 Å². The Morgan fingerprint density at radius 1 is 0.635 bits per heavy atom. The third-order valence-electron chi connectivity index (χ3n) is 10.3. The Morgan fingerprint density at radius 3 is 1.56 bits per heavy atom. The van der Waals surface area contributed by atoms with Crippen LogP contribution in [0.4, 0.5) is 0 Å². The van der Waals surface area contributed by atoms with Crippen LogP contribution in [0.2, 0.25) is 0 Å². The maximum atomic E-state index is 12.9. The molecule has 1 aliphatic heterocycles. The van der Waals surface area contributed by atoms with Gasteiger partial charge in [0, 0.05) is 6.42 Å². The van der Waals surface area contributed by atoms with E-state index in [-0.39, 0.29) is 12.5 Å². The Labute approximate surface area is 318 Å². The van der Waals surface area contributed by atoms with Gasteiger partial charge in [-0.15, -0.1) is 0 Å². The lowest BCUT2D eigenvalue weighted by Gasteiger charge is -2.40. The Balaban J connectivity index is 2.33. The van der Waals surface area contributed by atoms with Crippen LogP contribution >= 0.6 is 0 Å². The smallest absolute Gasteiger partial charge is 0.220 e. The van der Waals surface area contributed by atoms with Crippen LogP contribution in [-0.2, 0) is 14.3 Å². The Morgan fingerprint density at radius 2 is 1.08 bits per heavy atom. The quantitative estimate of drug-likeness (QED) is 0.0281. The van der Waals surface area contributed by atoms with Gasteiger partial charge in [0.2, 0.25) is 5.91 Å². The van der Waals surface area contributed by atoms with Gasteiger partial charge in [-0.05, 0) is 44.9 Å². The Kier molecular flexibility index (Phi) is 32.0. The fourth-order valence-corrected chi connectivity index (χ4v) is 6.74. The van der Waals surface area contributed by atoms with Gasteiger partial charge in [-0.3, -0.25) is 4.79 Å². The van der Waals surface area contributed by atoms with Crippen LogP contribution in [0.1, 0.15) is 187 Å². The zero-order chi connectivity index (χ0) is 38.1. The molecular weight excluding hydrogens is 658 g/mol. The fourth-order valence-electron chi connectivity index (χ4n) is 6.74. The van der Waals surface area contributed by atoms with Gasteiger partial charge in [0.05, 0.1) is 25.4 Å². The predicted molar refractivity (Wildman–Crippen MR) is 212 cm³/mol. The molecular formula is C43H81NO8. The molecule has 1 heterocycles. The number of carbonyl (C=O) groups excluding carboxylic acids is 1. The van der Waals surface area contributed by atoms with Crippen molar-refractivity contribution in [3.05, 3.63) is 24.3 Å². The zero-order valence-corrected chi connectivity index (χ0v) is 33.3. The molecule has 7 atom stereocenters. The topological polar surface area (TPSA) is 149 Å². The second-order valence-corrected chi connectivity index (χ2v) is 15.1. The second kappa shape index (κ2) is 34.2. The Hall–Kier alpha value is -1.33. The van der Waals surface area contributed by atoms with Gasteiger partial charge >= 0.3 is 0 Å². The molecule has 9 heteroatoms. The normalized spacial score (nSPS) is 22.0. The van der Waals surface area contributed by atoms with Crippen LogP contribution in [0, 0.1) is 0 Å². The molecule has 0 aliphatic carbocycles. The van der Waals surface area contributed by atoms with Crippen molar-refractivity contribution in [1.29, 1.82) is 0 Å². The first-order chi connectivity index (χ1) is 25.3. The average Bonchev–Trinajstić information content (AvgIpc) is 3.14. The van der Waals surface area contributed by atoms with E-state index < -0.39 is 49.5 Å². The highest BCUT2D eigenvalue weighted by atomic mass is 16.7. The molecule has 1 saturated heterocycles. The lowest BCUT2D eigenvalue weighted by Crippen LogP contribution is -2.60. The third kappa shape index (κ3) is 24.9. The van der Waals surface area contributed by atoms with E-state index in [1.165, 1.54) is 128 Å². The lowest BCUT2D eigenvalue weighted by atomic mass is 9.99. The molecule has 0 bridgehead atoms. The van der Waals surface area contributed by atoms with E-state index in [4.69, 9.17) is 9.47 Å². The van der Waals surface area contributed by atoms with Gasteiger partial charge in [0.15, 0.2) is 6.29 Å². The highest BCUT2D eigenvalue weighted by Gasteiger charge is 2.44. The van der Waals surface area contributed by atoms with Crippen molar-refractivity contribution in [3.63, 3.8) is 0 Å². The van der Waals surface area contributed by atoms with E-state index in [1.54, 1.807) is 6.08 Å². The molecule has 1 amide bonds. The van der Waals surface area contributed by atoms with Crippen LogP contribution < -0.4 is 5.32 Å². The molecule has 6 N–H and O–H groups in total. The van der Waals surface area contributed by atoms with E-state index >= 15 is 0 Å². The number of hydrogen-bond acceptors (Lipinski definition) is 8. The standard InChI is InChI=1S/C43H81NO8/c1-3-5-7-9-11-13-15-16-17-18-19-20-21-22-23-25-27-29-31-33-39(47)44-36(35-51-43-42(50)41(49)40(48)38(34-45)52-43)37(46)32-30-28-26-24-14-12-10-8-6-4-2/h16-17,30,32,36-38,40-43,45-46,48-50H,3-15,18-29,31,33-35H2,1-2H3,(H,44,47)/b17-16+,32-30+/t36-,37+,38-,40-,41?,42?,43-/m0/s1. The second-order valence-electron chi connectivity index (χ2n) is 15.1. The minimum atomic E-state index is -1.56. The summed E-state index contributed by atoms with van der Waals surface area (Å²) in [5.74, 6) is -0.182. The summed E-state index contributed by atoms with van der Waals surface area (Å²) in [7, 11) is 0. The summed E-state index contributed by atoms with van der Waals surface area (Å²) in [6.07, 6.45) is 32.2. The highest BCUT2D eigenvalue weighted by Crippen LogP contribution is 2.22. The number of amides is 1. The average molecular weight is 740 g/mol. The van der Waals surface area contributed by atoms with Gasteiger partial charge in [-0.1, -0.05) is 160 Å². The van der Waals surface area contributed by atoms with E-state index in [1.807, 2.05) is 6.08 Å². The van der Waals surface area contributed by atoms with Gasteiger partial charge in [-0.25, -0.2) is 0 Å². The summed E-state index contributed by atoms with van der Waals surface area (Å²) in [5.41, 5.74) is 0. The van der Waals surface area contributed by atoms with Crippen LogP contribution in [-0.4, -0.2) is 87.5 Å². The summed E-state index contributed by atoms with van der Waals surface area (Å²) >= 11 is 0. The number of rotatable bonds is 35. The van der Waals surface area contributed by atoms with Crippen LogP contribution in [0.25, 0.3) is 0 Å². The molecule has 52 heavy (non-hydrogen) atoms. The van der Waals surface area contributed by atoms with Crippen LogP contribution in [0.5, 0.6) is 0 Å². The number of carbonyl (C=O) groups is 1. The van der Waals surface area contributed by atoms with Crippen molar-refractivity contribution in [1.82, 2.24) is 5.32 Å². The van der Waals surface area contributed by atoms with Gasteiger partial charge < -0.3 is 40.3 Å². The molecule has 1 rings (SSSR count). The molecule has 0 aromatic heterocycles. The first kappa shape index (κ1) is 48.7. The third-order valence-corrected chi connectivity index (χ3v) is 10.3. The van der Waals surface area contributed by atoms with Crippen molar-refractivity contribution >= 4 is 5.91 Å². The number of ether oxygens (including phenoxy) is 2. The zero-order valence-electron chi connectivity index (χ0n) is 33.3. The molecule has 2 unspecified atom stereocenters. The molecule has 0 aromatic rings. The monoisotopic (exact) mass is 740 g/mol. The van der Waals surface area contributed by atoms with E-state index in [0.717, 1.165) is 38.5 Å². The van der Waals surface area contributed by atoms with Crippen molar-refractivity contribution in [3.8, 4) is 0 Å². The molecule has 0 spiro atoms. The van der Waals surface area contributed by atoms with Crippen LogP contribution in [0.15, 0.2) is 24.3 Å². The van der Waals surface area contributed by atoms with Crippen molar-refractivity contribution in [2.75, 3.05) is 13.2 Å². The molecule has 1 aliphatic rings. The molecule has 9 nitrogen and oxygen atoms in total. The lowest BCUT2D eigenvalue weighted by molar-refractivity contribution is -0.302. The minimum absolute atomic E-state index is 0.182. The number of nitrogens with one attached hydrogen (secondary N) is 1. The van der Waals surface area contributed by atoms with E-state index in [2.05, 4.69) is 31.3 Å². The van der Waals surface area contributed by atoms with Crippen molar-refractivity contribution in [2.24, 2.45) is 0 Å². The molecule has 0 aromatic carbocycles. The first-order valence-electron chi connectivity index (χ1n) is 21.6. The molecule has 306 valence electrons. The molecule has 0 saturated carbocycles. The molecule has 1 fully saturated rings. The highest BCUT2D eigenvalue weighted by molar-refractivity contribution is 5.76. The number of aliphatic hydroxyl groups is 5. The maximum Gasteiger partial charge on any atom is 0.220 e. The van der Waals surface area contributed by atoms with Gasteiger partial charge in [0.25, 0.3) is 0 Å². The SMILES string of the molecule is CCCCCCCC/C=C/CCCCCCCCCCCC(=O)N[C@@H](CO[C@H]1O[C@@H](CO)[C@H](O)C(O)C1O)[C@H](O)/C=C/CCCCCCCCCC. The summed E-state index contributed by atoms with van der Waals surface area (Å²) in [5, 5.41) is 54.0. The van der Waals surface area contributed by atoms with Gasteiger partial charge in [-0.2, -0.15) is 0 Å². The largest absolute Gasteiger partial charge is 0.394 e. The number of hydrogen-bond donors (Lipinski definition) is 6. The summed E-state index contributed by atoms with van der Waals surface area (Å²) in [6, 6.07) is -0.800. The fraction of sp³-hybridized carbons (Fsp3) is 0.884. The summed E-state index contributed by atoms with van der Waals surface area (Å²) in [6.45, 7) is 3.73. The van der Waals surface area contributed by atoms with E-state index in [9.17, 15) is 30.3 Å². The summed E-state index contributed by atoms with van der Waals surface area (Å²) in [4.78, 5) is 12.9. The van der Waals surface area contributed by atoms with Crippen molar-refractivity contribution < 1.29 is 39.8 Å². The number of unbranched alkanes of at least 4 members (excludes halogenated alkanes) is 23. The number of aliphatic hydroxyl groups excluding tert-OH is 5.